The molecule has 4 heteroatoms. The van der Waals surface area contributed by atoms with Gasteiger partial charge in [0.2, 0.25) is 0 Å². The van der Waals surface area contributed by atoms with Gasteiger partial charge in [-0.15, -0.1) is 0 Å². The number of carbonyl (C=O) groups is 2. The van der Waals surface area contributed by atoms with E-state index in [0.717, 1.165) is 32.1 Å². The molecule has 0 amide bonds. The second kappa shape index (κ2) is 11.7. The maximum Gasteiger partial charge on any atom is 0.314 e. The topological polar surface area (TPSA) is 52.6 Å². The number of benzene rings is 1. The smallest absolute Gasteiger partial charge is 0.314 e. The first kappa shape index (κ1) is 20.2. The molecule has 0 aromatic heterocycles. The van der Waals surface area contributed by atoms with E-state index in [9.17, 15) is 9.59 Å². The van der Waals surface area contributed by atoms with Crippen LogP contribution in [0.3, 0.4) is 0 Å². The highest BCUT2D eigenvalue weighted by molar-refractivity contribution is 5.77. The van der Waals surface area contributed by atoms with Crippen molar-refractivity contribution in [2.75, 3.05) is 0 Å². The van der Waals surface area contributed by atoms with Crippen LogP contribution < -0.4 is 9.47 Å². The molecule has 0 heterocycles. The Morgan fingerprint density at radius 1 is 0.875 bits per heavy atom. The van der Waals surface area contributed by atoms with Gasteiger partial charge in [0.1, 0.15) is 0 Å². The summed E-state index contributed by atoms with van der Waals surface area (Å²) >= 11 is 0. The van der Waals surface area contributed by atoms with E-state index in [2.05, 4.69) is 6.92 Å². The van der Waals surface area contributed by atoms with Crippen molar-refractivity contribution in [1.29, 1.82) is 0 Å². The highest BCUT2D eigenvalue weighted by Crippen LogP contribution is 2.28. The Hall–Kier alpha value is -1.84. The molecule has 0 atom stereocenters. The summed E-state index contributed by atoms with van der Waals surface area (Å²) in [5, 5.41) is 0. The molecule has 0 bridgehead atoms. The lowest BCUT2D eigenvalue weighted by Gasteiger charge is -2.14. The highest BCUT2D eigenvalue weighted by Gasteiger charge is 2.19. The molecule has 0 spiro atoms. The molecular formula is C20H30O4. The fourth-order valence-electron chi connectivity index (χ4n) is 2.48. The molecule has 0 saturated heterocycles. The molecule has 0 aliphatic carbocycles. The van der Waals surface area contributed by atoms with Crippen LogP contribution in [0.5, 0.6) is 11.5 Å². The Morgan fingerprint density at radius 2 is 1.46 bits per heavy atom. The van der Waals surface area contributed by atoms with Gasteiger partial charge in [0, 0.05) is 6.42 Å². The first-order valence-electron chi connectivity index (χ1n) is 9.13. The van der Waals surface area contributed by atoms with E-state index in [1.807, 2.05) is 13.8 Å². The van der Waals surface area contributed by atoms with Crippen LogP contribution in [0, 0.1) is 5.92 Å². The van der Waals surface area contributed by atoms with Gasteiger partial charge in [-0.2, -0.15) is 0 Å². The summed E-state index contributed by atoms with van der Waals surface area (Å²) in [5.74, 6) is -0.0583. The van der Waals surface area contributed by atoms with Crippen molar-refractivity contribution in [2.45, 2.75) is 72.1 Å². The lowest BCUT2D eigenvalue weighted by Crippen LogP contribution is -2.20. The van der Waals surface area contributed by atoms with Crippen molar-refractivity contribution >= 4 is 11.9 Å². The van der Waals surface area contributed by atoms with Crippen molar-refractivity contribution in [1.82, 2.24) is 0 Å². The number of esters is 2. The van der Waals surface area contributed by atoms with Crippen LogP contribution in [0.4, 0.5) is 0 Å². The zero-order valence-corrected chi connectivity index (χ0v) is 15.2. The van der Waals surface area contributed by atoms with Crippen LogP contribution >= 0.6 is 0 Å². The van der Waals surface area contributed by atoms with Gasteiger partial charge < -0.3 is 9.47 Å². The summed E-state index contributed by atoms with van der Waals surface area (Å²) in [6.45, 7) is 6.08. The quantitative estimate of drug-likeness (QED) is 0.313. The lowest BCUT2D eigenvalue weighted by atomic mass is 10.0. The van der Waals surface area contributed by atoms with Crippen molar-refractivity contribution in [3.05, 3.63) is 24.3 Å². The third kappa shape index (κ3) is 7.16. The number of carbonyl (C=O) groups excluding carboxylic acids is 2. The minimum absolute atomic E-state index is 0.132. The number of para-hydroxylation sites is 2. The Kier molecular flexibility index (Phi) is 9.81. The largest absolute Gasteiger partial charge is 0.423 e. The van der Waals surface area contributed by atoms with Crippen molar-refractivity contribution in [3.8, 4) is 11.5 Å². The van der Waals surface area contributed by atoms with Crippen LogP contribution in [0.2, 0.25) is 0 Å². The summed E-state index contributed by atoms with van der Waals surface area (Å²) in [7, 11) is 0. The number of unbranched alkanes of at least 4 members (excludes halogenated alkanes) is 4. The molecule has 0 aliphatic heterocycles. The Balaban J connectivity index is 2.56. The predicted molar refractivity (Wildman–Crippen MR) is 95.2 cm³/mol. The Morgan fingerprint density at radius 3 is 2.04 bits per heavy atom. The van der Waals surface area contributed by atoms with Gasteiger partial charge >= 0.3 is 11.9 Å². The van der Waals surface area contributed by atoms with Gasteiger partial charge in [-0.1, -0.05) is 58.6 Å². The molecule has 0 unspecified atom stereocenters. The van der Waals surface area contributed by atoms with E-state index in [0.29, 0.717) is 17.9 Å². The molecule has 1 aromatic rings. The molecule has 1 aromatic carbocycles. The summed E-state index contributed by atoms with van der Waals surface area (Å²) in [6.07, 6.45) is 7.24. The first-order valence-corrected chi connectivity index (χ1v) is 9.13. The van der Waals surface area contributed by atoms with Crippen LogP contribution in [0.1, 0.15) is 72.1 Å². The average Bonchev–Trinajstić information content (AvgIpc) is 2.57. The van der Waals surface area contributed by atoms with E-state index >= 15 is 0 Å². The normalized spacial score (nSPS) is 10.7. The second-order valence-electron chi connectivity index (χ2n) is 6.02. The van der Waals surface area contributed by atoms with Gasteiger partial charge in [-0.3, -0.25) is 9.59 Å². The maximum atomic E-state index is 12.1. The fourth-order valence-corrected chi connectivity index (χ4v) is 2.48. The summed E-state index contributed by atoms with van der Waals surface area (Å²) in [6, 6.07) is 6.84. The van der Waals surface area contributed by atoms with Crippen LogP contribution in [-0.2, 0) is 9.59 Å². The molecule has 0 fully saturated rings. The lowest BCUT2D eigenvalue weighted by molar-refractivity contribution is -0.140. The molecule has 1 rings (SSSR count). The maximum absolute atomic E-state index is 12.1. The zero-order chi connectivity index (χ0) is 17.8. The van der Waals surface area contributed by atoms with Gasteiger partial charge in [0.15, 0.2) is 11.5 Å². The summed E-state index contributed by atoms with van der Waals surface area (Å²) in [4.78, 5) is 24.1. The van der Waals surface area contributed by atoms with Crippen LogP contribution in [-0.4, -0.2) is 11.9 Å². The molecule has 0 aliphatic rings. The number of hydrogen-bond acceptors (Lipinski definition) is 4. The minimum Gasteiger partial charge on any atom is -0.423 e. The third-order valence-electron chi connectivity index (χ3n) is 4.09. The van der Waals surface area contributed by atoms with Gasteiger partial charge in [0.05, 0.1) is 5.92 Å². The SMILES string of the molecule is CCCCCCCC(=O)Oc1ccccc1OC(=O)C(CC)CC. The van der Waals surface area contributed by atoms with Crippen LogP contribution in [0.25, 0.3) is 0 Å². The summed E-state index contributed by atoms with van der Waals surface area (Å²) < 4.78 is 10.8. The zero-order valence-electron chi connectivity index (χ0n) is 15.2. The van der Waals surface area contributed by atoms with Gasteiger partial charge in [-0.05, 0) is 31.4 Å². The molecule has 0 N–H and O–H groups in total. The number of rotatable bonds is 11. The minimum atomic E-state index is -0.280. The van der Waals surface area contributed by atoms with Crippen molar-refractivity contribution in [3.63, 3.8) is 0 Å². The number of hydrogen-bond donors (Lipinski definition) is 0. The molecule has 0 saturated carbocycles. The molecule has 0 radical (unpaired) electrons. The molecule has 4 nitrogen and oxygen atoms in total. The van der Waals surface area contributed by atoms with Crippen molar-refractivity contribution in [2.24, 2.45) is 5.92 Å². The second-order valence-corrected chi connectivity index (χ2v) is 6.02. The van der Waals surface area contributed by atoms with E-state index in [1.54, 1.807) is 24.3 Å². The van der Waals surface area contributed by atoms with Crippen molar-refractivity contribution < 1.29 is 19.1 Å². The average molecular weight is 334 g/mol. The standard InChI is InChI=1S/C20H30O4/c1-4-7-8-9-10-15-19(21)23-17-13-11-12-14-18(17)24-20(22)16(5-2)6-3/h11-14,16H,4-10,15H2,1-3H3. The predicted octanol–water partition coefficient (Wildman–Crippen LogP) is 5.29. The monoisotopic (exact) mass is 334 g/mol. The summed E-state index contributed by atoms with van der Waals surface area (Å²) in [5.41, 5.74) is 0. The Bertz CT molecular complexity index is 506. The van der Waals surface area contributed by atoms with Gasteiger partial charge in [-0.25, -0.2) is 0 Å². The van der Waals surface area contributed by atoms with E-state index in [-0.39, 0.29) is 17.9 Å². The highest BCUT2D eigenvalue weighted by atomic mass is 16.6. The molecule has 134 valence electrons. The molecule has 24 heavy (non-hydrogen) atoms. The Labute approximate surface area is 145 Å². The first-order chi connectivity index (χ1) is 11.6. The third-order valence-corrected chi connectivity index (χ3v) is 4.09. The van der Waals surface area contributed by atoms with Gasteiger partial charge in [0.25, 0.3) is 0 Å². The fraction of sp³-hybridized carbons (Fsp3) is 0.600. The molecular weight excluding hydrogens is 304 g/mol. The van der Waals surface area contributed by atoms with Crippen LogP contribution in [0.15, 0.2) is 24.3 Å². The number of ether oxygens (including phenoxy) is 2. The van der Waals surface area contributed by atoms with E-state index in [4.69, 9.17) is 9.47 Å². The van der Waals surface area contributed by atoms with E-state index in [1.165, 1.54) is 12.8 Å². The van der Waals surface area contributed by atoms with E-state index < -0.39 is 0 Å².